The third-order valence-electron chi connectivity index (χ3n) is 6.26. The molecule has 4 atom stereocenters. The Hall–Kier alpha value is -1.76. The molecule has 1 aliphatic rings. The van der Waals surface area contributed by atoms with Crippen molar-refractivity contribution in [2.45, 2.75) is 76.5 Å². The molecule has 174 valence electrons. The van der Waals surface area contributed by atoms with Crippen LogP contribution in [-0.4, -0.2) is 57.1 Å². The Morgan fingerprint density at radius 3 is 2.55 bits per heavy atom. The van der Waals surface area contributed by atoms with Crippen LogP contribution in [0.2, 0.25) is 0 Å². The lowest BCUT2D eigenvalue weighted by Gasteiger charge is -2.29. The quantitative estimate of drug-likeness (QED) is 0.372. The number of benzene rings is 1. The van der Waals surface area contributed by atoms with Gasteiger partial charge >= 0.3 is 0 Å². The summed E-state index contributed by atoms with van der Waals surface area (Å²) in [4.78, 5) is 26.1. The van der Waals surface area contributed by atoms with E-state index in [4.69, 9.17) is 4.74 Å². The molecule has 1 aromatic rings. The maximum atomic E-state index is 13.1. The van der Waals surface area contributed by atoms with Crippen LogP contribution < -0.4 is 16.0 Å². The number of methoxy groups -OCH3 is 1. The summed E-state index contributed by atoms with van der Waals surface area (Å²) in [5.41, 5.74) is 1.06. The van der Waals surface area contributed by atoms with Crippen LogP contribution in [0.25, 0.3) is 0 Å². The summed E-state index contributed by atoms with van der Waals surface area (Å²) in [6.45, 7) is 3.87. The predicted molar refractivity (Wildman–Crippen MR) is 125 cm³/mol. The van der Waals surface area contributed by atoms with E-state index in [1.807, 2.05) is 44.3 Å². The number of rotatable bonds is 15. The summed E-state index contributed by atoms with van der Waals surface area (Å²) < 4.78 is 5.68. The van der Waals surface area contributed by atoms with Crippen molar-refractivity contribution in [3.63, 3.8) is 0 Å². The third kappa shape index (κ3) is 8.71. The average molecular weight is 432 g/mol. The van der Waals surface area contributed by atoms with Crippen molar-refractivity contribution in [3.8, 4) is 0 Å². The van der Waals surface area contributed by atoms with Gasteiger partial charge in [0.15, 0.2) is 5.78 Å². The zero-order valence-corrected chi connectivity index (χ0v) is 19.5. The second kappa shape index (κ2) is 14.3. The van der Waals surface area contributed by atoms with Crippen LogP contribution in [0.15, 0.2) is 30.3 Å². The lowest BCUT2D eigenvalue weighted by Crippen LogP contribution is -2.50. The number of carbonyl (C=O) groups excluding carboxylic acids is 2. The number of amides is 1. The van der Waals surface area contributed by atoms with E-state index in [1.165, 1.54) is 0 Å². The molecule has 0 unspecified atom stereocenters. The zero-order chi connectivity index (χ0) is 22.5. The van der Waals surface area contributed by atoms with Crippen molar-refractivity contribution < 1.29 is 14.3 Å². The van der Waals surface area contributed by atoms with Crippen molar-refractivity contribution in [2.24, 2.45) is 5.92 Å². The lowest BCUT2D eigenvalue weighted by molar-refractivity contribution is -0.133. The maximum Gasteiger partial charge on any atom is 0.226 e. The molecule has 1 amide bonds. The second-order valence-corrected chi connectivity index (χ2v) is 8.68. The van der Waals surface area contributed by atoms with Crippen LogP contribution in [0.4, 0.5) is 0 Å². The number of nitrogens with one attached hydrogen (secondary N) is 3. The number of hydrogen-bond acceptors (Lipinski definition) is 5. The number of ketones is 1. The monoisotopic (exact) mass is 431 g/mol. The van der Waals surface area contributed by atoms with Gasteiger partial charge in [0.1, 0.15) is 0 Å². The molecule has 1 aromatic carbocycles. The molecule has 6 nitrogen and oxygen atoms in total. The Balaban J connectivity index is 1.96. The minimum atomic E-state index is -0.497. The summed E-state index contributed by atoms with van der Waals surface area (Å²) in [7, 11) is 3.62. The van der Waals surface area contributed by atoms with Gasteiger partial charge in [-0.25, -0.2) is 0 Å². The molecule has 6 heteroatoms. The fourth-order valence-electron chi connectivity index (χ4n) is 4.39. The smallest absolute Gasteiger partial charge is 0.226 e. The van der Waals surface area contributed by atoms with Crippen LogP contribution in [0.1, 0.15) is 57.4 Å². The van der Waals surface area contributed by atoms with Gasteiger partial charge in [-0.15, -0.1) is 0 Å². The van der Waals surface area contributed by atoms with E-state index in [0.29, 0.717) is 12.8 Å². The van der Waals surface area contributed by atoms with Gasteiger partial charge in [-0.05, 0) is 57.8 Å². The number of carbonyl (C=O) groups is 2. The topological polar surface area (TPSA) is 79.5 Å². The van der Waals surface area contributed by atoms with Crippen molar-refractivity contribution in [1.82, 2.24) is 16.0 Å². The first-order valence-electron chi connectivity index (χ1n) is 11.8. The molecule has 0 spiro atoms. The van der Waals surface area contributed by atoms with Crippen molar-refractivity contribution in [3.05, 3.63) is 35.9 Å². The minimum Gasteiger partial charge on any atom is -0.379 e. The summed E-state index contributed by atoms with van der Waals surface area (Å²) in [5, 5.41) is 9.64. The molecule has 31 heavy (non-hydrogen) atoms. The summed E-state index contributed by atoms with van der Waals surface area (Å²) in [5.74, 6) is -0.317. The summed E-state index contributed by atoms with van der Waals surface area (Å²) >= 11 is 0. The SMILES string of the molecule is CNCCCCCCC(=O)[C@H](Cc1ccccc1)NC(=O)[C@H](C)[C@@H](OC)[C@@H]1CCCN1. The molecule has 2 rings (SSSR count). The van der Waals surface area contributed by atoms with E-state index in [9.17, 15) is 9.59 Å². The number of Topliss-reactive ketones (excluding diaryl/α,β-unsaturated/α-hetero) is 1. The second-order valence-electron chi connectivity index (χ2n) is 8.68. The molecule has 1 aliphatic heterocycles. The first-order chi connectivity index (χ1) is 15.1. The number of ether oxygens (including phenoxy) is 1. The maximum absolute atomic E-state index is 13.1. The lowest BCUT2D eigenvalue weighted by atomic mass is 9.93. The van der Waals surface area contributed by atoms with Gasteiger partial charge in [0.05, 0.1) is 18.1 Å². The van der Waals surface area contributed by atoms with Crippen molar-refractivity contribution in [2.75, 3.05) is 27.2 Å². The molecule has 1 fully saturated rings. The molecular weight excluding hydrogens is 390 g/mol. The Kier molecular flexibility index (Phi) is 11.8. The van der Waals surface area contributed by atoms with E-state index in [2.05, 4.69) is 16.0 Å². The highest BCUT2D eigenvalue weighted by molar-refractivity contribution is 5.90. The van der Waals surface area contributed by atoms with Crippen molar-refractivity contribution in [1.29, 1.82) is 0 Å². The van der Waals surface area contributed by atoms with E-state index >= 15 is 0 Å². The Morgan fingerprint density at radius 1 is 1.16 bits per heavy atom. The highest BCUT2D eigenvalue weighted by Gasteiger charge is 2.34. The van der Waals surface area contributed by atoms with E-state index < -0.39 is 6.04 Å². The van der Waals surface area contributed by atoms with E-state index in [1.54, 1.807) is 7.11 Å². The van der Waals surface area contributed by atoms with E-state index in [-0.39, 0.29) is 29.8 Å². The zero-order valence-electron chi connectivity index (χ0n) is 19.5. The standard InChI is InChI=1S/C25H41N3O3/c1-19(24(31-3)21-14-11-17-27-21)25(30)28-22(18-20-12-7-6-8-13-20)23(29)15-9-4-5-10-16-26-2/h6-8,12-13,19,21-22,24,26-27H,4-5,9-11,14-18H2,1-3H3,(H,28,30)/t19-,21+,22+,24-/m1/s1. The third-order valence-corrected chi connectivity index (χ3v) is 6.26. The largest absolute Gasteiger partial charge is 0.379 e. The predicted octanol–water partition coefficient (Wildman–Crippen LogP) is 2.86. The normalized spacial score (nSPS) is 19.0. The Bertz CT molecular complexity index is 647. The fourth-order valence-corrected chi connectivity index (χ4v) is 4.39. The molecule has 3 N–H and O–H groups in total. The van der Waals surface area contributed by atoms with Gasteiger partial charge in [0.2, 0.25) is 5.91 Å². The molecule has 0 saturated carbocycles. The molecular formula is C25H41N3O3. The van der Waals surface area contributed by atoms with Crippen LogP contribution in [0.3, 0.4) is 0 Å². The average Bonchev–Trinajstić information content (AvgIpc) is 3.31. The summed E-state index contributed by atoms with van der Waals surface area (Å²) in [6.07, 6.45) is 7.09. The molecule has 0 aliphatic carbocycles. The Labute approximate surface area is 187 Å². The molecule has 0 bridgehead atoms. The summed E-state index contributed by atoms with van der Waals surface area (Å²) in [6, 6.07) is 9.60. The minimum absolute atomic E-state index is 0.108. The van der Waals surface area contributed by atoms with Crippen LogP contribution in [0, 0.1) is 5.92 Å². The Morgan fingerprint density at radius 2 is 1.90 bits per heavy atom. The van der Waals surface area contributed by atoms with E-state index in [0.717, 1.165) is 57.2 Å². The highest BCUT2D eigenvalue weighted by atomic mass is 16.5. The first kappa shape index (κ1) is 25.5. The molecule has 0 aromatic heterocycles. The van der Waals surface area contributed by atoms with Crippen LogP contribution in [0.5, 0.6) is 0 Å². The van der Waals surface area contributed by atoms with Gasteiger partial charge in [-0.3, -0.25) is 9.59 Å². The highest BCUT2D eigenvalue weighted by Crippen LogP contribution is 2.19. The molecule has 1 saturated heterocycles. The van der Waals surface area contributed by atoms with Gasteiger partial charge in [-0.2, -0.15) is 0 Å². The van der Waals surface area contributed by atoms with Crippen molar-refractivity contribution >= 4 is 11.7 Å². The molecule has 1 heterocycles. The fraction of sp³-hybridized carbons (Fsp3) is 0.680. The first-order valence-corrected chi connectivity index (χ1v) is 11.8. The van der Waals surface area contributed by atoms with Gasteiger partial charge < -0.3 is 20.7 Å². The van der Waals surface area contributed by atoms with Crippen LogP contribution >= 0.6 is 0 Å². The van der Waals surface area contributed by atoms with Gasteiger partial charge in [-0.1, -0.05) is 50.1 Å². The van der Waals surface area contributed by atoms with Gasteiger partial charge in [0, 0.05) is 19.6 Å². The van der Waals surface area contributed by atoms with Gasteiger partial charge in [0.25, 0.3) is 0 Å². The molecule has 0 radical (unpaired) electrons. The number of hydrogen-bond donors (Lipinski definition) is 3. The number of unbranched alkanes of at least 4 members (excludes halogenated alkanes) is 3. The van der Waals surface area contributed by atoms with Crippen LogP contribution in [-0.2, 0) is 20.7 Å².